The molecule has 2 aliphatic heterocycles. The third-order valence-corrected chi connectivity index (χ3v) is 13.1. The first-order valence-corrected chi connectivity index (χ1v) is 18.2. The van der Waals surface area contributed by atoms with Gasteiger partial charge in [-0.25, -0.2) is 0 Å². The Morgan fingerprint density at radius 1 is 0.978 bits per heavy atom. The van der Waals surface area contributed by atoms with Crippen molar-refractivity contribution in [3.8, 4) is 0 Å². The molecule has 3 atom stereocenters. The molecule has 1 saturated heterocycles. The molecule has 9 nitrogen and oxygen atoms in total. The number of para-hydroxylation sites is 1. The van der Waals surface area contributed by atoms with Gasteiger partial charge in [-0.1, -0.05) is 99.6 Å². The van der Waals surface area contributed by atoms with Crippen LogP contribution in [0.2, 0.25) is 18.1 Å². The highest BCUT2D eigenvalue weighted by Gasteiger charge is 2.41. The number of esters is 1. The van der Waals surface area contributed by atoms with Crippen molar-refractivity contribution in [2.24, 2.45) is 4.99 Å². The van der Waals surface area contributed by atoms with Gasteiger partial charge < -0.3 is 24.1 Å². The van der Waals surface area contributed by atoms with Crippen molar-refractivity contribution < 1.29 is 28.3 Å². The van der Waals surface area contributed by atoms with Crippen LogP contribution in [0.15, 0.2) is 89.9 Å². The summed E-state index contributed by atoms with van der Waals surface area (Å²) in [5, 5.41) is 2.82. The Bertz CT molecular complexity index is 1550. The zero-order chi connectivity index (χ0) is 32.2. The van der Waals surface area contributed by atoms with E-state index in [1.165, 1.54) is 4.90 Å². The first-order chi connectivity index (χ1) is 21.4. The number of benzene rings is 3. The fraction of sp³-hybridized carbons (Fsp3) is 0.371. The number of carbonyl (C=O) groups excluding carboxylic acids is 3. The number of carbonyl (C=O) groups is 3. The number of benzodiazepines with no additional fused rings is 1. The highest BCUT2D eigenvalue weighted by molar-refractivity contribution is 6.74. The number of amides is 2. The Morgan fingerprint density at radius 2 is 1.62 bits per heavy atom. The second kappa shape index (κ2) is 13.5. The molecule has 0 radical (unpaired) electrons. The predicted octanol–water partition coefficient (Wildman–Crippen LogP) is 5.24. The summed E-state index contributed by atoms with van der Waals surface area (Å²) in [5.41, 5.74) is 3.75. The molecule has 2 aliphatic rings. The van der Waals surface area contributed by atoms with Crippen LogP contribution in [0.1, 0.15) is 43.9 Å². The lowest BCUT2D eigenvalue weighted by atomic mass is 10.0. The summed E-state index contributed by atoms with van der Waals surface area (Å²) >= 11 is 0. The summed E-state index contributed by atoms with van der Waals surface area (Å²) in [6.07, 6.45) is -0.965. The van der Waals surface area contributed by atoms with Crippen LogP contribution in [0.4, 0.5) is 5.69 Å². The maximum Gasteiger partial charge on any atom is 0.310 e. The van der Waals surface area contributed by atoms with Gasteiger partial charge in [0, 0.05) is 11.1 Å². The van der Waals surface area contributed by atoms with Crippen LogP contribution in [-0.2, 0) is 34.9 Å². The van der Waals surface area contributed by atoms with Gasteiger partial charge in [-0.2, -0.15) is 0 Å². The molecule has 0 spiro atoms. The molecular weight excluding hydrogens is 586 g/mol. The van der Waals surface area contributed by atoms with Gasteiger partial charge in [-0.3, -0.25) is 19.4 Å². The Labute approximate surface area is 265 Å². The van der Waals surface area contributed by atoms with Crippen LogP contribution in [0.5, 0.6) is 0 Å². The van der Waals surface area contributed by atoms with E-state index in [4.69, 9.17) is 18.9 Å². The Morgan fingerprint density at radius 3 is 2.31 bits per heavy atom. The number of nitrogens with one attached hydrogen (secondary N) is 1. The van der Waals surface area contributed by atoms with Crippen LogP contribution in [0.25, 0.3) is 0 Å². The smallest absolute Gasteiger partial charge is 0.310 e. The van der Waals surface area contributed by atoms with Crippen molar-refractivity contribution in [2.45, 2.75) is 70.3 Å². The molecule has 2 amide bonds. The molecule has 10 heteroatoms. The van der Waals surface area contributed by atoms with Crippen molar-refractivity contribution in [1.82, 2.24) is 5.32 Å². The minimum absolute atomic E-state index is 0.0278. The monoisotopic (exact) mass is 627 g/mol. The van der Waals surface area contributed by atoms with Crippen molar-refractivity contribution >= 4 is 37.5 Å². The van der Waals surface area contributed by atoms with Crippen molar-refractivity contribution in [3.63, 3.8) is 0 Å². The number of fused-ring (bicyclic) bond motifs is 1. The van der Waals surface area contributed by atoms with E-state index in [0.717, 1.165) is 16.7 Å². The van der Waals surface area contributed by atoms with Crippen LogP contribution in [0.3, 0.4) is 0 Å². The van der Waals surface area contributed by atoms with Crippen LogP contribution >= 0.6 is 0 Å². The quantitative estimate of drug-likeness (QED) is 0.244. The SMILES string of the molecule is CC(C)(C)[Si](C)(C)OC[C@H]1N=C(c2ccccc2)c2ccccc2N(CC(=O)N[C@H]2CC(=O)OC2OCc2ccccc2)C1=O. The summed E-state index contributed by atoms with van der Waals surface area (Å²) in [6, 6.07) is 25.1. The number of rotatable bonds is 10. The molecule has 1 fully saturated rings. The zero-order valence-electron chi connectivity index (χ0n) is 26.5. The summed E-state index contributed by atoms with van der Waals surface area (Å²) < 4.78 is 17.7. The third-order valence-electron chi connectivity index (χ3n) is 8.61. The van der Waals surface area contributed by atoms with E-state index >= 15 is 0 Å². The third kappa shape index (κ3) is 7.58. The molecule has 3 aromatic rings. The Balaban J connectivity index is 1.40. The number of cyclic esters (lactones) is 1. The molecule has 5 rings (SSSR count). The summed E-state index contributed by atoms with van der Waals surface area (Å²) in [6.45, 7) is 10.8. The molecule has 45 heavy (non-hydrogen) atoms. The van der Waals surface area contributed by atoms with E-state index in [2.05, 4.69) is 39.2 Å². The Hall–Kier alpha value is -4.12. The second-order valence-corrected chi connectivity index (χ2v) is 17.7. The van der Waals surface area contributed by atoms with E-state index in [1.54, 1.807) is 0 Å². The number of aliphatic imine (C=N–C) groups is 1. The number of ether oxygens (including phenoxy) is 2. The van der Waals surface area contributed by atoms with E-state index in [0.29, 0.717) is 11.4 Å². The van der Waals surface area contributed by atoms with Gasteiger partial charge in [-0.15, -0.1) is 0 Å². The molecule has 0 saturated carbocycles. The highest BCUT2D eigenvalue weighted by Crippen LogP contribution is 2.37. The lowest BCUT2D eigenvalue weighted by molar-refractivity contribution is -0.168. The number of anilines is 1. The predicted molar refractivity (Wildman–Crippen MR) is 175 cm³/mol. The molecule has 1 N–H and O–H groups in total. The van der Waals surface area contributed by atoms with E-state index in [-0.39, 0.29) is 37.1 Å². The maximum atomic E-state index is 14.3. The molecule has 3 aromatic carbocycles. The van der Waals surface area contributed by atoms with E-state index < -0.39 is 38.6 Å². The zero-order valence-corrected chi connectivity index (χ0v) is 27.5. The first-order valence-electron chi connectivity index (χ1n) is 15.3. The fourth-order valence-corrected chi connectivity index (χ4v) is 6.05. The topological polar surface area (TPSA) is 107 Å². The molecule has 0 aliphatic carbocycles. The largest absolute Gasteiger partial charge is 0.433 e. The molecule has 0 bridgehead atoms. The van der Waals surface area contributed by atoms with Gasteiger partial charge in [0.2, 0.25) is 12.2 Å². The highest BCUT2D eigenvalue weighted by atomic mass is 28.4. The van der Waals surface area contributed by atoms with E-state index in [9.17, 15) is 14.4 Å². The molecular formula is C35H41N3O6Si. The number of hydrogen-bond acceptors (Lipinski definition) is 7. The van der Waals surface area contributed by atoms with Crippen molar-refractivity contribution in [1.29, 1.82) is 0 Å². The summed E-state index contributed by atoms with van der Waals surface area (Å²) in [7, 11) is -2.22. The molecule has 2 heterocycles. The first kappa shape index (κ1) is 32.3. The van der Waals surface area contributed by atoms with Crippen LogP contribution < -0.4 is 10.2 Å². The van der Waals surface area contributed by atoms with Crippen LogP contribution in [-0.4, -0.2) is 63.3 Å². The number of hydrogen-bond donors (Lipinski definition) is 1. The van der Waals surface area contributed by atoms with Crippen molar-refractivity contribution in [3.05, 3.63) is 102 Å². The minimum atomic E-state index is -2.22. The fourth-order valence-electron chi connectivity index (χ4n) is 5.04. The summed E-state index contributed by atoms with van der Waals surface area (Å²) in [4.78, 5) is 46.5. The maximum absolute atomic E-state index is 14.3. The van der Waals surface area contributed by atoms with Gasteiger partial charge in [0.15, 0.2) is 14.4 Å². The number of nitrogens with zero attached hydrogens (tertiary/aromatic N) is 2. The van der Waals surface area contributed by atoms with Crippen molar-refractivity contribution in [2.75, 3.05) is 18.1 Å². The van der Waals surface area contributed by atoms with Crippen LogP contribution in [0, 0.1) is 0 Å². The minimum Gasteiger partial charge on any atom is -0.433 e. The Kier molecular flexibility index (Phi) is 9.67. The van der Waals surface area contributed by atoms with Gasteiger partial charge in [0.1, 0.15) is 12.6 Å². The van der Waals surface area contributed by atoms with Gasteiger partial charge in [-0.05, 0) is 29.8 Å². The molecule has 0 aromatic heterocycles. The molecule has 236 valence electrons. The average Bonchev–Trinajstić information content (AvgIpc) is 3.31. The average molecular weight is 628 g/mol. The lowest BCUT2D eigenvalue weighted by Crippen LogP contribution is -2.50. The second-order valence-electron chi connectivity index (χ2n) is 12.9. The molecule has 1 unspecified atom stereocenters. The van der Waals surface area contributed by atoms with E-state index in [1.807, 2.05) is 84.9 Å². The van der Waals surface area contributed by atoms with Gasteiger partial charge in [0.05, 0.1) is 31.0 Å². The van der Waals surface area contributed by atoms with Gasteiger partial charge >= 0.3 is 5.97 Å². The van der Waals surface area contributed by atoms with Gasteiger partial charge in [0.25, 0.3) is 5.91 Å². The lowest BCUT2D eigenvalue weighted by Gasteiger charge is -2.37. The standard InChI is InChI=1S/C35H41N3O6Si/c1-35(2,3)45(4,5)43-23-28-33(41)38(29-19-13-12-18-26(29)32(37-28)25-16-10-7-11-17-25)21-30(39)36-27-20-31(40)44-34(27)42-22-24-14-8-6-9-15-24/h6-19,27-28,34H,20-23H2,1-5H3,(H,36,39)/t27-,28+,34?/m0/s1. The summed E-state index contributed by atoms with van der Waals surface area (Å²) in [5.74, 6) is -1.24. The normalized spacial score (nSPS) is 20.2.